The van der Waals surface area contributed by atoms with Crippen molar-refractivity contribution in [3.63, 3.8) is 0 Å². The molecule has 0 atom stereocenters. The molecule has 1 saturated carbocycles. The van der Waals surface area contributed by atoms with Gasteiger partial charge in [-0.05, 0) is 12.8 Å². The van der Waals surface area contributed by atoms with Gasteiger partial charge in [0.1, 0.15) is 12.0 Å². The Morgan fingerprint density at radius 2 is 2.24 bits per heavy atom. The van der Waals surface area contributed by atoms with Crippen molar-refractivity contribution in [2.24, 2.45) is 16.1 Å². The number of halogens is 4. The second-order valence-corrected chi connectivity index (χ2v) is 4.80. The molecule has 1 aromatic rings. The van der Waals surface area contributed by atoms with E-state index in [1.54, 1.807) is 0 Å². The summed E-state index contributed by atoms with van der Waals surface area (Å²) in [4.78, 5) is 3.49. The molecule has 0 aliphatic heterocycles. The molecule has 1 aliphatic rings. The molecule has 0 unspecified atom stereocenters. The number of ether oxygens (including phenoxy) is 1. The maximum absolute atomic E-state index is 12.7. The summed E-state index contributed by atoms with van der Waals surface area (Å²) >= 11 is 0. The first-order chi connectivity index (χ1) is 9.77. The average molecular weight is 306 g/mol. The van der Waals surface area contributed by atoms with Gasteiger partial charge in [0.2, 0.25) is 5.88 Å². The van der Waals surface area contributed by atoms with Gasteiger partial charge in [-0.25, -0.2) is 9.67 Å². The molecule has 9 heteroatoms. The fourth-order valence-electron chi connectivity index (χ4n) is 1.71. The van der Waals surface area contributed by atoms with Crippen LogP contribution < -0.4 is 10.5 Å². The highest BCUT2D eigenvalue weighted by atomic mass is 19.4. The number of hydrogen-bond acceptors (Lipinski definition) is 4. The third kappa shape index (κ3) is 3.34. The van der Waals surface area contributed by atoms with Crippen molar-refractivity contribution in [3.8, 4) is 5.88 Å². The Kier molecular flexibility index (Phi) is 3.93. The largest absolute Gasteiger partial charge is 0.476 e. The summed E-state index contributed by atoms with van der Waals surface area (Å²) in [6.45, 7) is 0.644. The van der Waals surface area contributed by atoms with Crippen LogP contribution in [0.25, 0.3) is 5.82 Å². The first-order valence-corrected chi connectivity index (χ1v) is 6.16. The van der Waals surface area contributed by atoms with Crippen molar-refractivity contribution in [2.45, 2.75) is 25.9 Å². The summed E-state index contributed by atoms with van der Waals surface area (Å²) in [5, 5.41) is 3.85. The fraction of sp³-hybridized carbons (Fsp3) is 0.500. The van der Waals surface area contributed by atoms with Crippen molar-refractivity contribution in [2.75, 3.05) is 6.61 Å². The molecule has 1 aromatic heterocycles. The van der Waals surface area contributed by atoms with E-state index in [2.05, 4.69) is 10.1 Å². The molecule has 0 saturated heterocycles. The van der Waals surface area contributed by atoms with E-state index in [4.69, 9.17) is 10.5 Å². The Morgan fingerprint density at radius 1 is 1.57 bits per heavy atom. The maximum Gasteiger partial charge on any atom is 0.397 e. The van der Waals surface area contributed by atoms with Crippen LogP contribution in [0.4, 0.5) is 17.6 Å². The second-order valence-electron chi connectivity index (χ2n) is 4.80. The van der Waals surface area contributed by atoms with Gasteiger partial charge in [-0.15, -0.1) is 5.10 Å². The molecule has 0 aromatic carbocycles. The van der Waals surface area contributed by atoms with Gasteiger partial charge in [0.25, 0.3) is 0 Å². The van der Waals surface area contributed by atoms with Crippen LogP contribution in [0.2, 0.25) is 0 Å². The minimum Gasteiger partial charge on any atom is -0.476 e. The van der Waals surface area contributed by atoms with E-state index in [-0.39, 0.29) is 24.5 Å². The highest BCUT2D eigenvalue weighted by Crippen LogP contribution is 2.57. The Hall–Kier alpha value is -2.06. The number of aliphatic imine (C=N–C) groups is 1. The van der Waals surface area contributed by atoms with Crippen molar-refractivity contribution in [1.82, 2.24) is 9.78 Å². The molecule has 0 amide bonds. The predicted molar refractivity (Wildman–Crippen MR) is 68.1 cm³/mol. The van der Waals surface area contributed by atoms with Gasteiger partial charge in [-0.3, -0.25) is 0 Å². The molecule has 2 rings (SSSR count). The number of aromatic nitrogens is 2. The van der Waals surface area contributed by atoms with Crippen LogP contribution >= 0.6 is 0 Å². The number of alkyl halides is 3. The van der Waals surface area contributed by atoms with E-state index in [0.717, 1.165) is 17.8 Å². The highest BCUT2D eigenvalue weighted by Gasteiger charge is 2.63. The quantitative estimate of drug-likeness (QED) is 0.672. The van der Waals surface area contributed by atoms with Gasteiger partial charge in [-0.2, -0.15) is 17.6 Å². The standard InChI is InChI=1S/C12H14F4N4O/c1-8(13)18-9(6-17)20-5-2-10(19-20)21-7-11(3-4-11)12(14,15)16/h2,5-6H,3-4,7,17H2,1H3/b9-6+,18-8+. The monoisotopic (exact) mass is 306 g/mol. The van der Waals surface area contributed by atoms with Crippen LogP contribution in [0.5, 0.6) is 5.88 Å². The van der Waals surface area contributed by atoms with Crippen LogP contribution in [0.15, 0.2) is 23.5 Å². The van der Waals surface area contributed by atoms with E-state index in [0.29, 0.717) is 0 Å². The Balaban J connectivity index is 2.03. The Labute approximate surface area is 118 Å². The number of nitrogens with zero attached hydrogens (tertiary/aromatic N) is 3. The topological polar surface area (TPSA) is 65.4 Å². The van der Waals surface area contributed by atoms with Crippen molar-refractivity contribution in [3.05, 3.63) is 18.5 Å². The summed E-state index contributed by atoms with van der Waals surface area (Å²) in [7, 11) is 0. The van der Waals surface area contributed by atoms with Crippen LogP contribution in [0.1, 0.15) is 19.8 Å². The molecular weight excluding hydrogens is 292 g/mol. The van der Waals surface area contributed by atoms with E-state index in [1.807, 2.05) is 0 Å². The SMILES string of the molecule is C/C(F)=N\C(=C/N)n1ccc(OCC2(C(F)(F)F)CC2)n1. The van der Waals surface area contributed by atoms with Crippen LogP contribution in [0, 0.1) is 5.41 Å². The number of hydrogen-bond donors (Lipinski definition) is 1. The van der Waals surface area contributed by atoms with Gasteiger partial charge >= 0.3 is 6.18 Å². The van der Waals surface area contributed by atoms with Gasteiger partial charge < -0.3 is 10.5 Å². The third-order valence-corrected chi connectivity index (χ3v) is 3.17. The molecule has 5 nitrogen and oxygen atoms in total. The molecule has 0 radical (unpaired) electrons. The summed E-state index contributed by atoms with van der Waals surface area (Å²) in [6.07, 6.45) is -1.79. The molecule has 0 bridgehead atoms. The first kappa shape index (κ1) is 15.3. The normalized spacial score (nSPS) is 18.7. The minimum atomic E-state index is -4.28. The number of nitrogens with two attached hydrogens (primary N) is 1. The minimum absolute atomic E-state index is 0.00167. The van der Waals surface area contributed by atoms with Crippen LogP contribution in [0.3, 0.4) is 0 Å². The number of rotatable bonds is 5. The highest BCUT2D eigenvalue weighted by molar-refractivity contribution is 5.76. The second kappa shape index (κ2) is 5.38. The van der Waals surface area contributed by atoms with Gasteiger partial charge in [0.05, 0.1) is 0 Å². The summed E-state index contributed by atoms with van der Waals surface area (Å²) in [5.41, 5.74) is 3.52. The van der Waals surface area contributed by atoms with Crippen LogP contribution in [-0.2, 0) is 0 Å². The van der Waals surface area contributed by atoms with Crippen LogP contribution in [-0.4, -0.2) is 28.5 Å². The molecule has 1 aliphatic carbocycles. The van der Waals surface area contributed by atoms with Crippen molar-refractivity contribution >= 4 is 11.8 Å². The average Bonchev–Trinajstić information content (AvgIpc) is 3.05. The van der Waals surface area contributed by atoms with Crippen molar-refractivity contribution < 1.29 is 22.3 Å². The smallest absolute Gasteiger partial charge is 0.397 e. The zero-order chi connectivity index (χ0) is 15.7. The zero-order valence-corrected chi connectivity index (χ0v) is 11.2. The lowest BCUT2D eigenvalue weighted by Crippen LogP contribution is -2.30. The predicted octanol–water partition coefficient (Wildman–Crippen LogP) is 2.71. The summed E-state index contributed by atoms with van der Waals surface area (Å²) in [5.74, 6) is -0.725. The molecule has 21 heavy (non-hydrogen) atoms. The van der Waals surface area contributed by atoms with E-state index < -0.39 is 24.2 Å². The first-order valence-electron chi connectivity index (χ1n) is 6.16. The summed E-state index contributed by atoms with van der Waals surface area (Å²) < 4.78 is 57.1. The molecule has 2 N–H and O–H groups in total. The van der Waals surface area contributed by atoms with Gasteiger partial charge in [0, 0.05) is 25.4 Å². The lowest BCUT2D eigenvalue weighted by atomic mass is 10.1. The van der Waals surface area contributed by atoms with E-state index >= 15 is 0 Å². The maximum atomic E-state index is 12.7. The zero-order valence-electron chi connectivity index (χ0n) is 11.2. The van der Waals surface area contributed by atoms with Crippen molar-refractivity contribution in [1.29, 1.82) is 0 Å². The van der Waals surface area contributed by atoms with Gasteiger partial charge in [-0.1, -0.05) is 0 Å². The molecule has 1 fully saturated rings. The Morgan fingerprint density at radius 3 is 2.71 bits per heavy atom. The molecular formula is C12H14F4N4O. The summed E-state index contributed by atoms with van der Waals surface area (Å²) in [6, 6.07) is 1.36. The molecule has 1 heterocycles. The van der Waals surface area contributed by atoms with E-state index in [1.165, 1.54) is 12.3 Å². The lowest BCUT2D eigenvalue weighted by Gasteiger charge is -2.18. The third-order valence-electron chi connectivity index (χ3n) is 3.17. The Bertz CT molecular complexity index is 568. The molecule has 0 spiro atoms. The van der Waals surface area contributed by atoms with Gasteiger partial charge in [0.15, 0.2) is 11.8 Å². The lowest BCUT2D eigenvalue weighted by molar-refractivity contribution is -0.194. The molecule has 116 valence electrons. The fourth-order valence-corrected chi connectivity index (χ4v) is 1.71. The van der Waals surface area contributed by atoms with E-state index in [9.17, 15) is 17.6 Å².